The molecular weight excluding hydrogens is 569 g/mol. The van der Waals surface area contributed by atoms with E-state index < -0.39 is 29.3 Å². The number of ether oxygens (including phenoxy) is 1. The highest BCUT2D eigenvalue weighted by Gasteiger charge is 2.49. The van der Waals surface area contributed by atoms with Crippen LogP contribution in [0.1, 0.15) is 37.7 Å². The Morgan fingerprint density at radius 2 is 1.84 bits per heavy atom. The van der Waals surface area contributed by atoms with Gasteiger partial charge >= 0.3 is 12.2 Å². The maximum absolute atomic E-state index is 16.6. The first-order valence-electron chi connectivity index (χ1n) is 14.8. The van der Waals surface area contributed by atoms with E-state index in [1.54, 1.807) is 6.07 Å². The molecule has 0 aliphatic carbocycles. The molecule has 2 N–H and O–H groups in total. The second-order valence-electron chi connectivity index (χ2n) is 12.4. The minimum Gasteiger partial charge on any atom is -0.461 e. The zero-order valence-electron chi connectivity index (χ0n) is 23.2. The van der Waals surface area contributed by atoms with Crippen molar-refractivity contribution in [2.24, 2.45) is 0 Å². The number of hydrogen-bond donors (Lipinski definition) is 2. The number of nitrogens with one attached hydrogen (secondary N) is 2. The van der Waals surface area contributed by atoms with E-state index in [1.165, 1.54) is 18.3 Å². The quantitative estimate of drug-likeness (QED) is 0.304. The van der Waals surface area contributed by atoms with Gasteiger partial charge in [0.05, 0.1) is 22.8 Å². The van der Waals surface area contributed by atoms with E-state index >= 15 is 4.39 Å². The van der Waals surface area contributed by atoms with Crippen LogP contribution in [0.3, 0.4) is 0 Å². The number of rotatable bonds is 5. The van der Waals surface area contributed by atoms with Crippen molar-refractivity contribution < 1.29 is 26.7 Å². The highest BCUT2D eigenvalue weighted by atomic mass is 19.4. The fourth-order valence-electron chi connectivity index (χ4n) is 7.79. The lowest BCUT2D eigenvalue weighted by atomic mass is 9.94. The van der Waals surface area contributed by atoms with Crippen LogP contribution in [0.25, 0.3) is 32.9 Å². The molecule has 8 nitrogen and oxygen atoms in total. The van der Waals surface area contributed by atoms with Crippen molar-refractivity contribution in [2.75, 3.05) is 37.7 Å². The molecule has 4 aromatic rings. The molecule has 4 saturated heterocycles. The van der Waals surface area contributed by atoms with Gasteiger partial charge in [-0.2, -0.15) is 28.2 Å². The van der Waals surface area contributed by atoms with Gasteiger partial charge in [-0.25, -0.2) is 8.78 Å². The predicted octanol–water partition coefficient (Wildman–Crippen LogP) is 5.23. The lowest BCUT2D eigenvalue weighted by Gasteiger charge is -2.34. The average Bonchev–Trinajstić information content (AvgIpc) is 3.74. The number of fused-ring (bicyclic) bond motifs is 5. The molecular formula is C30H30F5N7O. The zero-order valence-corrected chi connectivity index (χ0v) is 23.2. The molecule has 226 valence electrons. The van der Waals surface area contributed by atoms with Gasteiger partial charge in [0.1, 0.15) is 24.1 Å². The van der Waals surface area contributed by atoms with Gasteiger partial charge in [0.2, 0.25) is 0 Å². The van der Waals surface area contributed by atoms with Gasteiger partial charge in [0.15, 0.2) is 5.82 Å². The van der Waals surface area contributed by atoms with Crippen molar-refractivity contribution in [3.63, 3.8) is 0 Å². The summed E-state index contributed by atoms with van der Waals surface area (Å²) in [4.78, 5) is 13.4. The van der Waals surface area contributed by atoms with Crippen molar-refractivity contribution in [1.29, 1.82) is 0 Å². The summed E-state index contributed by atoms with van der Waals surface area (Å²) in [5.74, 6) is -0.411. The number of hydrogen-bond acceptors (Lipinski definition) is 7. The third kappa shape index (κ3) is 4.42. The van der Waals surface area contributed by atoms with Crippen molar-refractivity contribution in [3.8, 4) is 17.1 Å². The van der Waals surface area contributed by atoms with Crippen LogP contribution in [0.2, 0.25) is 0 Å². The maximum Gasteiger partial charge on any atom is 0.417 e. The maximum atomic E-state index is 16.6. The van der Waals surface area contributed by atoms with E-state index in [2.05, 4.69) is 30.3 Å². The van der Waals surface area contributed by atoms with Gasteiger partial charge in [-0.1, -0.05) is 6.07 Å². The van der Waals surface area contributed by atoms with Crippen molar-refractivity contribution in [1.82, 2.24) is 30.4 Å². The third-order valence-corrected chi connectivity index (χ3v) is 9.71. The second kappa shape index (κ2) is 9.71. The zero-order chi connectivity index (χ0) is 29.5. The third-order valence-electron chi connectivity index (χ3n) is 9.71. The highest BCUT2D eigenvalue weighted by Crippen LogP contribution is 2.44. The van der Waals surface area contributed by atoms with Gasteiger partial charge in [-0.3, -0.25) is 10.00 Å². The molecule has 2 unspecified atom stereocenters. The highest BCUT2D eigenvalue weighted by molar-refractivity contribution is 6.00. The first kappa shape index (κ1) is 27.0. The first-order valence-corrected chi connectivity index (χ1v) is 14.8. The van der Waals surface area contributed by atoms with E-state index in [0.717, 1.165) is 38.3 Å². The molecule has 0 spiro atoms. The Morgan fingerprint density at radius 3 is 2.63 bits per heavy atom. The fraction of sp³-hybridized carbons (Fsp3) is 0.500. The molecule has 4 aliphatic rings. The summed E-state index contributed by atoms with van der Waals surface area (Å²) >= 11 is 0. The summed E-state index contributed by atoms with van der Waals surface area (Å²) in [5, 5.41) is 10.7. The number of aromatic amines is 1. The minimum atomic E-state index is -4.73. The number of halogens is 5. The fourth-order valence-corrected chi connectivity index (χ4v) is 7.79. The standard InChI is InChI=1S/C30H30F5N7O/c31-16-10-29(8-1-9-42(29)12-16)15-43-28-38-26-20(27(39-28)41-13-17-2-3-18(14-41)37-17)5-4-19(25(26)32)24-21-11-36-40-23(21)7-6-22(24)30(33,34)35/h4-7,11,16-18,37H,1-3,8-10,12-15H2,(H,36,40)/t16-,17?,18?,29+/m1/s1. The first-order chi connectivity index (χ1) is 20.7. The van der Waals surface area contributed by atoms with Crippen molar-refractivity contribution in [3.05, 3.63) is 41.8 Å². The molecule has 4 aliphatic heterocycles. The van der Waals surface area contributed by atoms with Crippen molar-refractivity contribution in [2.45, 2.75) is 62.1 Å². The molecule has 4 atom stereocenters. The van der Waals surface area contributed by atoms with Gasteiger partial charge in [-0.05, 0) is 50.4 Å². The Kier molecular flexibility index (Phi) is 6.10. The largest absolute Gasteiger partial charge is 0.461 e. The number of aromatic nitrogens is 4. The van der Waals surface area contributed by atoms with Crippen LogP contribution in [-0.2, 0) is 6.18 Å². The van der Waals surface area contributed by atoms with Gasteiger partial charge < -0.3 is 15.0 Å². The second-order valence-corrected chi connectivity index (χ2v) is 12.4. The molecule has 43 heavy (non-hydrogen) atoms. The van der Waals surface area contributed by atoms with Crippen LogP contribution in [0.4, 0.5) is 27.8 Å². The summed E-state index contributed by atoms with van der Waals surface area (Å²) < 4.78 is 79.8. The van der Waals surface area contributed by atoms with Gasteiger partial charge in [-0.15, -0.1) is 0 Å². The van der Waals surface area contributed by atoms with Gasteiger partial charge in [0.25, 0.3) is 0 Å². The molecule has 4 fully saturated rings. The molecule has 2 aromatic carbocycles. The van der Waals surface area contributed by atoms with Crippen molar-refractivity contribution >= 4 is 27.6 Å². The SMILES string of the molecule is Fc1c(-c2c(C(F)(F)F)ccc3[nH]ncc23)ccc2c(N3CC4CCC(C3)N4)nc(OC[C@@]34CCCN3C[C@H](F)C4)nc12. The molecule has 13 heteroatoms. The Balaban J connectivity index is 1.27. The lowest BCUT2D eigenvalue weighted by Crippen LogP contribution is -2.51. The number of alkyl halides is 4. The summed E-state index contributed by atoms with van der Waals surface area (Å²) in [6, 6.07) is 5.64. The van der Waals surface area contributed by atoms with E-state index in [9.17, 15) is 17.6 Å². The van der Waals surface area contributed by atoms with Crippen LogP contribution in [0, 0.1) is 5.82 Å². The molecule has 0 saturated carbocycles. The topological polar surface area (TPSA) is 82.2 Å². The molecule has 2 bridgehead atoms. The number of nitrogens with zero attached hydrogens (tertiary/aromatic N) is 5. The Morgan fingerprint density at radius 1 is 1.02 bits per heavy atom. The molecule has 2 aromatic heterocycles. The van der Waals surface area contributed by atoms with Crippen LogP contribution >= 0.6 is 0 Å². The summed E-state index contributed by atoms with van der Waals surface area (Å²) in [7, 11) is 0. The average molecular weight is 600 g/mol. The van der Waals surface area contributed by atoms with E-state index in [4.69, 9.17) is 9.72 Å². The molecule has 8 rings (SSSR count). The van der Waals surface area contributed by atoms with E-state index in [1.807, 2.05) is 0 Å². The summed E-state index contributed by atoms with van der Waals surface area (Å²) in [5.41, 5.74) is -1.74. The number of anilines is 1. The molecule has 6 heterocycles. The van der Waals surface area contributed by atoms with Crippen LogP contribution < -0.4 is 15.0 Å². The lowest BCUT2D eigenvalue weighted by molar-refractivity contribution is -0.137. The smallest absolute Gasteiger partial charge is 0.417 e. The Bertz CT molecular complexity index is 1710. The predicted molar refractivity (Wildman–Crippen MR) is 150 cm³/mol. The normalized spacial score (nSPS) is 27.5. The number of benzene rings is 2. The van der Waals surface area contributed by atoms with Crippen LogP contribution in [0.5, 0.6) is 6.01 Å². The van der Waals surface area contributed by atoms with Crippen LogP contribution in [-0.4, -0.2) is 81.6 Å². The monoisotopic (exact) mass is 599 g/mol. The molecule has 0 amide bonds. The minimum absolute atomic E-state index is 0.0643. The van der Waals surface area contributed by atoms with E-state index in [0.29, 0.717) is 42.8 Å². The summed E-state index contributed by atoms with van der Waals surface area (Å²) in [6.07, 6.45) is -0.302. The Hall–Kier alpha value is -3.58. The van der Waals surface area contributed by atoms with Gasteiger partial charge in [0, 0.05) is 60.0 Å². The Labute approximate surface area is 243 Å². The number of H-pyrrole nitrogens is 1. The van der Waals surface area contributed by atoms with Crippen LogP contribution in [0.15, 0.2) is 30.5 Å². The van der Waals surface area contributed by atoms with E-state index in [-0.39, 0.29) is 46.7 Å². The summed E-state index contributed by atoms with van der Waals surface area (Å²) in [6.45, 7) is 2.60. The number of piperazine rings is 1. The molecule has 0 radical (unpaired) electrons.